The third-order valence-electron chi connectivity index (χ3n) is 2.34. The highest BCUT2D eigenvalue weighted by Gasteiger charge is 2.25. The van der Waals surface area contributed by atoms with Crippen molar-refractivity contribution in [1.29, 1.82) is 0 Å². The molecule has 0 atom stereocenters. The minimum atomic E-state index is -4.09. The molecule has 96 valence electrons. The second-order valence-corrected chi connectivity index (χ2v) is 3.96. The number of rotatable bonds is 6. The predicted octanol–water partition coefficient (Wildman–Crippen LogP) is 4.36. The van der Waals surface area contributed by atoms with Crippen LogP contribution in [0.1, 0.15) is 31.7 Å². The van der Waals surface area contributed by atoms with Crippen molar-refractivity contribution in [1.82, 2.24) is 0 Å². The van der Waals surface area contributed by atoms with Gasteiger partial charge in [0.05, 0.1) is 6.61 Å². The zero-order valence-corrected chi connectivity index (χ0v) is 9.89. The van der Waals surface area contributed by atoms with Gasteiger partial charge in [0.25, 0.3) is 0 Å². The molecule has 4 heteroatoms. The summed E-state index contributed by atoms with van der Waals surface area (Å²) >= 11 is 0. The van der Waals surface area contributed by atoms with Crippen molar-refractivity contribution in [2.24, 2.45) is 0 Å². The quantitative estimate of drug-likeness (QED) is 0.677. The molecule has 0 aliphatic heterocycles. The third-order valence-corrected chi connectivity index (χ3v) is 2.34. The van der Waals surface area contributed by atoms with Gasteiger partial charge in [-0.2, -0.15) is 13.2 Å². The van der Waals surface area contributed by atoms with Gasteiger partial charge in [-0.05, 0) is 30.5 Å². The smallest absolute Gasteiger partial charge is 0.389 e. The number of aryl methyl sites for hydroxylation is 1. The summed E-state index contributed by atoms with van der Waals surface area (Å²) in [7, 11) is 0. The molecule has 1 aromatic carbocycles. The third kappa shape index (κ3) is 6.19. The Morgan fingerprint density at radius 1 is 1.12 bits per heavy atom. The van der Waals surface area contributed by atoms with Crippen LogP contribution in [0.2, 0.25) is 0 Å². The molecule has 0 radical (unpaired) electrons. The first-order valence-electron chi connectivity index (χ1n) is 5.80. The molecule has 0 N–H and O–H groups in total. The highest BCUT2D eigenvalue weighted by Crippen LogP contribution is 2.21. The predicted molar refractivity (Wildman–Crippen MR) is 61.2 cm³/mol. The van der Waals surface area contributed by atoms with E-state index in [1.807, 2.05) is 12.1 Å². The van der Waals surface area contributed by atoms with Gasteiger partial charge in [-0.1, -0.05) is 25.5 Å². The van der Waals surface area contributed by atoms with Gasteiger partial charge < -0.3 is 4.74 Å². The summed E-state index contributed by atoms with van der Waals surface area (Å²) in [6.07, 6.45) is -2.80. The van der Waals surface area contributed by atoms with Gasteiger partial charge in [-0.25, -0.2) is 0 Å². The molecule has 0 spiro atoms. The van der Waals surface area contributed by atoms with E-state index in [-0.39, 0.29) is 13.0 Å². The molecule has 0 heterocycles. The molecule has 0 aliphatic rings. The second kappa shape index (κ2) is 6.52. The van der Waals surface area contributed by atoms with Crippen molar-refractivity contribution in [3.05, 3.63) is 29.8 Å². The van der Waals surface area contributed by atoms with Gasteiger partial charge in [0.2, 0.25) is 0 Å². The van der Waals surface area contributed by atoms with Crippen molar-refractivity contribution in [2.75, 3.05) is 6.61 Å². The maximum absolute atomic E-state index is 11.9. The lowest BCUT2D eigenvalue weighted by Gasteiger charge is -2.08. The van der Waals surface area contributed by atoms with E-state index in [4.69, 9.17) is 4.74 Å². The van der Waals surface area contributed by atoms with E-state index in [1.165, 1.54) is 5.56 Å². The first-order valence-corrected chi connectivity index (χ1v) is 5.80. The fourth-order valence-corrected chi connectivity index (χ4v) is 1.50. The molecule has 0 unspecified atom stereocenters. The molecule has 0 aromatic heterocycles. The van der Waals surface area contributed by atoms with Gasteiger partial charge in [0.15, 0.2) is 0 Å². The van der Waals surface area contributed by atoms with E-state index in [9.17, 15) is 13.2 Å². The van der Waals surface area contributed by atoms with Crippen LogP contribution in [0, 0.1) is 0 Å². The van der Waals surface area contributed by atoms with Crippen molar-refractivity contribution in [3.63, 3.8) is 0 Å². The lowest BCUT2D eigenvalue weighted by atomic mass is 10.1. The first kappa shape index (κ1) is 13.9. The maximum Gasteiger partial charge on any atom is 0.389 e. The van der Waals surface area contributed by atoms with Gasteiger partial charge >= 0.3 is 6.18 Å². The maximum atomic E-state index is 11.9. The lowest BCUT2D eigenvalue weighted by molar-refractivity contribution is -0.136. The van der Waals surface area contributed by atoms with Crippen molar-refractivity contribution >= 4 is 0 Å². The average Bonchev–Trinajstić information content (AvgIpc) is 2.26. The van der Waals surface area contributed by atoms with E-state index in [1.54, 1.807) is 12.1 Å². The Kier molecular flexibility index (Phi) is 5.32. The normalized spacial score (nSPS) is 11.5. The Bertz CT molecular complexity index is 316. The molecule has 1 nitrogen and oxygen atoms in total. The molecule has 0 saturated carbocycles. The van der Waals surface area contributed by atoms with Crippen LogP contribution in [0.25, 0.3) is 0 Å². The largest absolute Gasteiger partial charge is 0.494 e. The van der Waals surface area contributed by atoms with E-state index in [0.717, 1.165) is 12.8 Å². The molecular weight excluding hydrogens is 229 g/mol. The van der Waals surface area contributed by atoms with Crippen LogP contribution in [0.3, 0.4) is 0 Å². The molecule has 17 heavy (non-hydrogen) atoms. The highest BCUT2D eigenvalue weighted by atomic mass is 19.4. The minimum Gasteiger partial charge on any atom is -0.494 e. The summed E-state index contributed by atoms with van der Waals surface area (Å²) in [4.78, 5) is 0. The van der Waals surface area contributed by atoms with Crippen LogP contribution in [0.15, 0.2) is 24.3 Å². The Labute approximate surface area is 99.6 Å². The molecule has 0 fully saturated rings. The zero-order chi connectivity index (χ0) is 12.7. The minimum absolute atomic E-state index is 0.000210. The number of alkyl halides is 3. The molecule has 0 bridgehead atoms. The van der Waals surface area contributed by atoms with Gasteiger partial charge in [0.1, 0.15) is 5.75 Å². The fourth-order valence-electron chi connectivity index (χ4n) is 1.50. The number of hydrogen-bond acceptors (Lipinski definition) is 1. The average molecular weight is 246 g/mol. The Morgan fingerprint density at radius 2 is 1.76 bits per heavy atom. The zero-order valence-electron chi connectivity index (χ0n) is 9.89. The van der Waals surface area contributed by atoms with E-state index >= 15 is 0 Å². The van der Waals surface area contributed by atoms with E-state index in [2.05, 4.69) is 6.92 Å². The topological polar surface area (TPSA) is 9.23 Å². The van der Waals surface area contributed by atoms with Crippen LogP contribution in [-0.4, -0.2) is 12.8 Å². The number of halogens is 3. The summed E-state index contributed by atoms with van der Waals surface area (Å²) in [5, 5.41) is 0. The Hall–Kier alpha value is -1.19. The molecule has 0 saturated heterocycles. The standard InChI is InChI=1S/C13H17F3O/c1-2-4-11-5-7-12(8-6-11)17-10-3-9-13(14,15)16/h5-8H,2-4,9-10H2,1H3. The number of ether oxygens (including phenoxy) is 1. The molecule has 1 aromatic rings. The monoisotopic (exact) mass is 246 g/mol. The van der Waals surface area contributed by atoms with Crippen LogP contribution in [-0.2, 0) is 6.42 Å². The van der Waals surface area contributed by atoms with Crippen molar-refractivity contribution in [2.45, 2.75) is 38.8 Å². The lowest BCUT2D eigenvalue weighted by Crippen LogP contribution is -2.09. The van der Waals surface area contributed by atoms with Crippen molar-refractivity contribution in [3.8, 4) is 5.75 Å². The van der Waals surface area contributed by atoms with Crippen molar-refractivity contribution < 1.29 is 17.9 Å². The SMILES string of the molecule is CCCc1ccc(OCCCC(F)(F)F)cc1. The Balaban J connectivity index is 2.27. The van der Waals surface area contributed by atoms with E-state index < -0.39 is 12.6 Å². The highest BCUT2D eigenvalue weighted by molar-refractivity contribution is 5.27. The van der Waals surface area contributed by atoms with Gasteiger partial charge in [0, 0.05) is 6.42 Å². The van der Waals surface area contributed by atoms with Crippen LogP contribution in [0.5, 0.6) is 5.75 Å². The van der Waals surface area contributed by atoms with Crippen LogP contribution < -0.4 is 4.74 Å². The summed E-state index contributed by atoms with van der Waals surface area (Å²) in [6, 6.07) is 7.50. The summed E-state index contributed by atoms with van der Waals surface area (Å²) in [5.74, 6) is 0.632. The summed E-state index contributed by atoms with van der Waals surface area (Å²) in [6.45, 7) is 2.20. The number of hydrogen-bond donors (Lipinski definition) is 0. The Morgan fingerprint density at radius 3 is 2.29 bits per heavy atom. The number of benzene rings is 1. The van der Waals surface area contributed by atoms with Gasteiger partial charge in [-0.3, -0.25) is 0 Å². The van der Waals surface area contributed by atoms with Crippen LogP contribution in [0.4, 0.5) is 13.2 Å². The van der Waals surface area contributed by atoms with Crippen LogP contribution >= 0.6 is 0 Å². The first-order chi connectivity index (χ1) is 8.01. The summed E-state index contributed by atoms with van der Waals surface area (Å²) < 4.78 is 40.8. The molecule has 0 amide bonds. The molecule has 1 rings (SSSR count). The second-order valence-electron chi connectivity index (χ2n) is 3.96. The fraction of sp³-hybridized carbons (Fsp3) is 0.538. The van der Waals surface area contributed by atoms with E-state index in [0.29, 0.717) is 5.75 Å². The van der Waals surface area contributed by atoms with Gasteiger partial charge in [-0.15, -0.1) is 0 Å². The molecular formula is C13H17F3O. The molecule has 0 aliphatic carbocycles. The summed E-state index contributed by atoms with van der Waals surface area (Å²) in [5.41, 5.74) is 1.22.